The van der Waals surface area contributed by atoms with Crippen molar-refractivity contribution in [2.75, 3.05) is 5.75 Å². The summed E-state index contributed by atoms with van der Waals surface area (Å²) in [5.41, 5.74) is 0.177. The normalized spacial score (nSPS) is 13.1. The van der Waals surface area contributed by atoms with Gasteiger partial charge in [0.05, 0.1) is 5.37 Å². The number of thioether (sulfide) groups is 1. The third-order valence-electron chi connectivity index (χ3n) is 3.30. The van der Waals surface area contributed by atoms with Gasteiger partial charge in [-0.1, -0.05) is 30.3 Å². The molecule has 1 aromatic carbocycles. The number of hydrogen-bond donors (Lipinski definition) is 3. The van der Waals surface area contributed by atoms with Crippen LogP contribution in [0.2, 0.25) is 0 Å². The van der Waals surface area contributed by atoms with Crippen molar-refractivity contribution in [3.05, 3.63) is 35.9 Å². The maximum Gasteiger partial charge on any atom is 0.408 e. The van der Waals surface area contributed by atoms with Crippen LogP contribution in [0.15, 0.2) is 30.3 Å². The second-order valence-corrected chi connectivity index (χ2v) is 8.49. The summed E-state index contributed by atoms with van der Waals surface area (Å²) < 4.78 is 10.2. The van der Waals surface area contributed by atoms with Gasteiger partial charge in [-0.25, -0.2) is 14.4 Å². The van der Waals surface area contributed by atoms with Crippen molar-refractivity contribution in [2.45, 2.75) is 57.7 Å². The number of amides is 2. The molecule has 8 nitrogen and oxygen atoms in total. The van der Waals surface area contributed by atoms with Gasteiger partial charge >= 0.3 is 18.2 Å². The zero-order valence-electron chi connectivity index (χ0n) is 16.6. The van der Waals surface area contributed by atoms with Gasteiger partial charge in [-0.3, -0.25) is 0 Å². The third kappa shape index (κ3) is 10.7. The molecule has 0 saturated carbocycles. The van der Waals surface area contributed by atoms with Gasteiger partial charge in [-0.05, 0) is 45.4 Å². The zero-order chi connectivity index (χ0) is 21.2. The first-order chi connectivity index (χ1) is 13.1. The van der Waals surface area contributed by atoms with E-state index in [0.29, 0.717) is 5.75 Å². The minimum absolute atomic E-state index is 0.172. The van der Waals surface area contributed by atoms with Gasteiger partial charge in [0.1, 0.15) is 18.2 Å². The lowest BCUT2D eigenvalue weighted by molar-refractivity contribution is -0.139. The fourth-order valence-electron chi connectivity index (χ4n) is 2.04. The first-order valence-corrected chi connectivity index (χ1v) is 9.93. The highest BCUT2D eigenvalue weighted by atomic mass is 32.2. The molecule has 0 spiro atoms. The first kappa shape index (κ1) is 23.6. The summed E-state index contributed by atoms with van der Waals surface area (Å²) in [5, 5.41) is 14.0. The van der Waals surface area contributed by atoms with E-state index in [1.165, 1.54) is 11.8 Å². The van der Waals surface area contributed by atoms with E-state index in [0.717, 1.165) is 5.56 Å². The van der Waals surface area contributed by atoms with Crippen LogP contribution in [0.1, 0.15) is 39.7 Å². The number of benzene rings is 1. The molecule has 3 N–H and O–H groups in total. The van der Waals surface area contributed by atoms with E-state index in [2.05, 4.69) is 10.6 Å². The summed E-state index contributed by atoms with van der Waals surface area (Å²) in [7, 11) is 0. The summed E-state index contributed by atoms with van der Waals surface area (Å²) in [6.07, 6.45) is -1.14. The van der Waals surface area contributed by atoms with Gasteiger partial charge < -0.3 is 25.2 Å². The van der Waals surface area contributed by atoms with Crippen molar-refractivity contribution in [3.8, 4) is 0 Å². The SMILES string of the molecule is CC(NC(=O)OCc1ccccc1)SCC[C@H](NC(=O)OC(C)(C)C)C(=O)O. The summed E-state index contributed by atoms with van der Waals surface area (Å²) in [5.74, 6) is -0.735. The first-order valence-electron chi connectivity index (χ1n) is 8.88. The monoisotopic (exact) mass is 412 g/mol. The van der Waals surface area contributed by atoms with E-state index in [1.54, 1.807) is 27.7 Å². The van der Waals surface area contributed by atoms with Crippen LogP contribution < -0.4 is 10.6 Å². The van der Waals surface area contributed by atoms with Crippen molar-refractivity contribution in [1.82, 2.24) is 10.6 Å². The van der Waals surface area contributed by atoms with Crippen LogP contribution >= 0.6 is 11.8 Å². The van der Waals surface area contributed by atoms with E-state index in [-0.39, 0.29) is 18.4 Å². The van der Waals surface area contributed by atoms with Crippen molar-refractivity contribution in [2.24, 2.45) is 0 Å². The molecule has 28 heavy (non-hydrogen) atoms. The van der Waals surface area contributed by atoms with Crippen LogP contribution in [0, 0.1) is 0 Å². The van der Waals surface area contributed by atoms with E-state index in [4.69, 9.17) is 9.47 Å². The molecule has 0 radical (unpaired) electrons. The molecule has 9 heteroatoms. The molecule has 1 rings (SSSR count). The number of nitrogens with one attached hydrogen (secondary N) is 2. The lowest BCUT2D eigenvalue weighted by Gasteiger charge is -2.22. The molecule has 0 aliphatic carbocycles. The third-order valence-corrected chi connectivity index (χ3v) is 4.39. The zero-order valence-corrected chi connectivity index (χ0v) is 17.4. The molecular weight excluding hydrogens is 384 g/mol. The molecule has 156 valence electrons. The fraction of sp³-hybridized carbons (Fsp3) is 0.526. The Morgan fingerprint density at radius 3 is 2.32 bits per heavy atom. The minimum Gasteiger partial charge on any atom is -0.480 e. The van der Waals surface area contributed by atoms with Crippen LogP contribution in [0.3, 0.4) is 0 Å². The molecule has 0 aliphatic heterocycles. The summed E-state index contributed by atoms with van der Waals surface area (Å²) in [6.45, 7) is 7.03. The van der Waals surface area contributed by atoms with Crippen molar-refractivity contribution in [3.63, 3.8) is 0 Å². The Labute approximate surface area is 169 Å². The molecule has 0 saturated heterocycles. The van der Waals surface area contributed by atoms with Gasteiger partial charge in [0.25, 0.3) is 0 Å². The minimum atomic E-state index is -1.14. The Morgan fingerprint density at radius 1 is 1.11 bits per heavy atom. The number of aliphatic carboxylic acids is 1. The largest absolute Gasteiger partial charge is 0.480 e. The number of hydrogen-bond acceptors (Lipinski definition) is 6. The number of ether oxygens (including phenoxy) is 2. The highest BCUT2D eigenvalue weighted by Gasteiger charge is 2.24. The maximum atomic E-state index is 11.8. The van der Waals surface area contributed by atoms with Gasteiger partial charge in [0.2, 0.25) is 0 Å². The number of carboxylic acid groups (broad SMARTS) is 1. The average Bonchev–Trinajstić information content (AvgIpc) is 2.58. The Morgan fingerprint density at radius 2 is 1.75 bits per heavy atom. The van der Waals surface area contributed by atoms with E-state index < -0.39 is 29.8 Å². The molecule has 2 atom stereocenters. The maximum absolute atomic E-state index is 11.8. The Hall–Kier alpha value is -2.42. The Bertz CT molecular complexity index is 648. The predicted molar refractivity (Wildman–Crippen MR) is 107 cm³/mol. The standard InChI is InChI=1S/C19H28N2O6S/c1-13(20-17(24)26-12-14-8-6-5-7-9-14)28-11-10-15(16(22)23)21-18(25)27-19(2,3)4/h5-9,13,15H,10-12H2,1-4H3,(H,20,24)(H,21,25)(H,22,23)/t13?,15-/m0/s1. The number of carboxylic acids is 1. The molecule has 0 aromatic heterocycles. The van der Waals surface area contributed by atoms with Crippen LogP contribution in [-0.4, -0.2) is 46.0 Å². The molecule has 1 aromatic rings. The number of rotatable bonds is 9. The van der Waals surface area contributed by atoms with E-state index in [1.807, 2.05) is 30.3 Å². The summed E-state index contributed by atoms with van der Waals surface area (Å²) in [4.78, 5) is 34.8. The number of alkyl carbamates (subject to hydrolysis) is 2. The summed E-state index contributed by atoms with van der Waals surface area (Å²) in [6, 6.07) is 8.24. The number of carbonyl (C=O) groups excluding carboxylic acids is 2. The summed E-state index contributed by atoms with van der Waals surface area (Å²) >= 11 is 1.34. The van der Waals surface area contributed by atoms with Gasteiger partial charge in [0, 0.05) is 0 Å². The molecule has 1 unspecified atom stereocenters. The fourth-order valence-corrected chi connectivity index (χ4v) is 2.95. The van der Waals surface area contributed by atoms with Crippen LogP contribution in [0.4, 0.5) is 9.59 Å². The molecular formula is C19H28N2O6S. The van der Waals surface area contributed by atoms with Crippen molar-refractivity contribution >= 4 is 29.9 Å². The number of carbonyl (C=O) groups is 3. The topological polar surface area (TPSA) is 114 Å². The predicted octanol–water partition coefficient (Wildman–Crippen LogP) is 3.36. The lowest BCUT2D eigenvalue weighted by atomic mass is 10.2. The highest BCUT2D eigenvalue weighted by Crippen LogP contribution is 2.12. The average molecular weight is 413 g/mol. The van der Waals surface area contributed by atoms with Gasteiger partial charge in [-0.2, -0.15) is 0 Å². The van der Waals surface area contributed by atoms with Gasteiger partial charge in [-0.15, -0.1) is 11.8 Å². The molecule has 0 heterocycles. The molecule has 0 bridgehead atoms. The van der Waals surface area contributed by atoms with Crippen molar-refractivity contribution < 1.29 is 29.0 Å². The van der Waals surface area contributed by atoms with E-state index >= 15 is 0 Å². The van der Waals surface area contributed by atoms with E-state index in [9.17, 15) is 19.5 Å². The van der Waals surface area contributed by atoms with Gasteiger partial charge in [0.15, 0.2) is 0 Å². The molecule has 0 fully saturated rings. The highest BCUT2D eigenvalue weighted by molar-refractivity contribution is 7.99. The Kier molecular flexibility index (Phi) is 9.64. The second-order valence-electron chi connectivity index (χ2n) is 7.04. The molecule has 2 amide bonds. The van der Waals surface area contributed by atoms with Crippen LogP contribution in [0.25, 0.3) is 0 Å². The quantitative estimate of drug-likeness (QED) is 0.533. The Balaban J connectivity index is 2.31. The second kappa shape index (κ2) is 11.4. The van der Waals surface area contributed by atoms with Crippen molar-refractivity contribution in [1.29, 1.82) is 0 Å². The smallest absolute Gasteiger partial charge is 0.408 e. The van der Waals surface area contributed by atoms with Crippen LogP contribution in [0.5, 0.6) is 0 Å². The van der Waals surface area contributed by atoms with Crippen LogP contribution in [-0.2, 0) is 20.9 Å². The molecule has 0 aliphatic rings. The lowest BCUT2D eigenvalue weighted by Crippen LogP contribution is -2.44.